The van der Waals surface area contributed by atoms with E-state index in [-0.39, 0.29) is 5.91 Å². The second kappa shape index (κ2) is 7.57. The van der Waals surface area contributed by atoms with Crippen LogP contribution < -0.4 is 11.1 Å². The number of rotatable bonds is 6. The van der Waals surface area contributed by atoms with Gasteiger partial charge in [0.05, 0.1) is 6.42 Å². The highest BCUT2D eigenvalue weighted by molar-refractivity contribution is 5.78. The molecule has 4 nitrogen and oxygen atoms in total. The van der Waals surface area contributed by atoms with Crippen LogP contribution in [0, 0.1) is 5.92 Å². The molecule has 1 atom stereocenters. The SMILES string of the molecule is CC(C)N1CCC(CNC(=O)Cc2ccccc2CN)C1. The second-order valence-electron chi connectivity index (χ2n) is 6.20. The lowest BCUT2D eigenvalue weighted by molar-refractivity contribution is -0.120. The van der Waals surface area contributed by atoms with Gasteiger partial charge in [-0.2, -0.15) is 0 Å². The normalized spacial score (nSPS) is 19.1. The smallest absolute Gasteiger partial charge is 0.224 e. The van der Waals surface area contributed by atoms with Crippen molar-refractivity contribution < 1.29 is 4.79 Å². The molecule has 1 heterocycles. The van der Waals surface area contributed by atoms with Crippen molar-refractivity contribution >= 4 is 5.91 Å². The number of carbonyl (C=O) groups is 1. The van der Waals surface area contributed by atoms with Crippen LogP contribution >= 0.6 is 0 Å². The molecule has 1 aromatic carbocycles. The molecule has 0 bridgehead atoms. The average molecular weight is 289 g/mol. The third kappa shape index (κ3) is 4.55. The molecule has 1 aliphatic rings. The fourth-order valence-electron chi connectivity index (χ4n) is 2.92. The monoisotopic (exact) mass is 289 g/mol. The molecule has 0 spiro atoms. The first-order chi connectivity index (χ1) is 10.1. The van der Waals surface area contributed by atoms with Crippen molar-refractivity contribution in [3.63, 3.8) is 0 Å². The van der Waals surface area contributed by atoms with Crippen molar-refractivity contribution in [1.82, 2.24) is 10.2 Å². The van der Waals surface area contributed by atoms with Gasteiger partial charge in [0.25, 0.3) is 0 Å². The number of hydrogen-bond donors (Lipinski definition) is 2. The Balaban J connectivity index is 1.78. The molecule has 2 rings (SSSR count). The van der Waals surface area contributed by atoms with E-state index in [9.17, 15) is 4.79 Å². The molecule has 0 aromatic heterocycles. The molecule has 3 N–H and O–H groups in total. The van der Waals surface area contributed by atoms with E-state index in [1.165, 1.54) is 6.42 Å². The number of carbonyl (C=O) groups excluding carboxylic acids is 1. The molecule has 21 heavy (non-hydrogen) atoms. The second-order valence-corrected chi connectivity index (χ2v) is 6.20. The van der Waals surface area contributed by atoms with Crippen LogP contribution in [0.2, 0.25) is 0 Å². The lowest BCUT2D eigenvalue weighted by Gasteiger charge is -2.20. The first kappa shape index (κ1) is 16.0. The molecule has 0 saturated carbocycles. The van der Waals surface area contributed by atoms with Crippen LogP contribution in [0.3, 0.4) is 0 Å². The van der Waals surface area contributed by atoms with Crippen molar-refractivity contribution in [2.24, 2.45) is 11.7 Å². The molecule has 1 aliphatic heterocycles. The molecular formula is C17H27N3O. The summed E-state index contributed by atoms with van der Waals surface area (Å²) in [4.78, 5) is 14.6. The Labute approximate surface area is 127 Å². The zero-order chi connectivity index (χ0) is 15.2. The Hall–Kier alpha value is -1.39. The maximum Gasteiger partial charge on any atom is 0.224 e. The zero-order valence-corrected chi connectivity index (χ0v) is 13.1. The average Bonchev–Trinajstić information content (AvgIpc) is 2.95. The van der Waals surface area contributed by atoms with Crippen molar-refractivity contribution in [3.8, 4) is 0 Å². The predicted octanol–water partition coefficient (Wildman–Crippen LogP) is 1.53. The highest BCUT2D eigenvalue weighted by atomic mass is 16.1. The summed E-state index contributed by atoms with van der Waals surface area (Å²) in [6, 6.07) is 8.49. The van der Waals surface area contributed by atoms with Gasteiger partial charge < -0.3 is 16.0 Å². The minimum Gasteiger partial charge on any atom is -0.355 e. The van der Waals surface area contributed by atoms with E-state index in [1.807, 2.05) is 24.3 Å². The minimum absolute atomic E-state index is 0.0962. The van der Waals surface area contributed by atoms with Crippen molar-refractivity contribution in [1.29, 1.82) is 0 Å². The fourth-order valence-corrected chi connectivity index (χ4v) is 2.92. The third-order valence-electron chi connectivity index (χ3n) is 4.32. The van der Waals surface area contributed by atoms with E-state index >= 15 is 0 Å². The van der Waals surface area contributed by atoms with Crippen LogP contribution in [-0.4, -0.2) is 36.5 Å². The van der Waals surface area contributed by atoms with Crippen molar-refractivity contribution in [3.05, 3.63) is 35.4 Å². The van der Waals surface area contributed by atoms with Gasteiger partial charge >= 0.3 is 0 Å². The van der Waals surface area contributed by atoms with Gasteiger partial charge in [-0.15, -0.1) is 0 Å². The maximum absolute atomic E-state index is 12.1. The van der Waals surface area contributed by atoms with Crippen LogP contribution in [0.5, 0.6) is 0 Å². The summed E-state index contributed by atoms with van der Waals surface area (Å²) in [5.74, 6) is 0.681. The number of likely N-dealkylation sites (tertiary alicyclic amines) is 1. The lowest BCUT2D eigenvalue weighted by Crippen LogP contribution is -2.33. The number of amides is 1. The van der Waals surface area contributed by atoms with Gasteiger partial charge in [0, 0.05) is 25.7 Å². The van der Waals surface area contributed by atoms with Gasteiger partial charge in [0.1, 0.15) is 0 Å². The van der Waals surface area contributed by atoms with E-state index < -0.39 is 0 Å². The highest BCUT2D eigenvalue weighted by Gasteiger charge is 2.24. The Morgan fingerprint density at radius 2 is 2.10 bits per heavy atom. The van der Waals surface area contributed by atoms with Crippen molar-refractivity contribution in [2.45, 2.75) is 39.3 Å². The summed E-state index contributed by atoms with van der Waals surface area (Å²) in [6.45, 7) is 7.96. The van der Waals surface area contributed by atoms with Crippen LogP contribution in [0.15, 0.2) is 24.3 Å². The minimum atomic E-state index is 0.0962. The summed E-state index contributed by atoms with van der Waals surface area (Å²) in [7, 11) is 0. The van der Waals surface area contributed by atoms with Gasteiger partial charge in [0.2, 0.25) is 5.91 Å². The maximum atomic E-state index is 12.1. The Bertz CT molecular complexity index is 473. The summed E-state index contributed by atoms with van der Waals surface area (Å²) in [6.07, 6.45) is 1.60. The highest BCUT2D eigenvalue weighted by Crippen LogP contribution is 2.17. The predicted molar refractivity (Wildman–Crippen MR) is 85.9 cm³/mol. The van der Waals surface area contributed by atoms with Gasteiger partial charge in [-0.05, 0) is 43.9 Å². The van der Waals surface area contributed by atoms with Gasteiger partial charge in [-0.3, -0.25) is 4.79 Å². The van der Waals surface area contributed by atoms with Gasteiger partial charge in [0.15, 0.2) is 0 Å². The fraction of sp³-hybridized carbons (Fsp3) is 0.588. The Morgan fingerprint density at radius 3 is 2.71 bits per heavy atom. The summed E-state index contributed by atoms with van der Waals surface area (Å²) in [5.41, 5.74) is 7.80. The van der Waals surface area contributed by atoms with Crippen LogP contribution in [0.1, 0.15) is 31.4 Å². The van der Waals surface area contributed by atoms with Gasteiger partial charge in [-0.1, -0.05) is 24.3 Å². The largest absolute Gasteiger partial charge is 0.355 e. The van der Waals surface area contributed by atoms with Crippen LogP contribution in [0.4, 0.5) is 0 Å². The Kier molecular flexibility index (Phi) is 5.76. The quantitative estimate of drug-likeness (QED) is 0.835. The third-order valence-corrected chi connectivity index (χ3v) is 4.32. The summed E-state index contributed by atoms with van der Waals surface area (Å²) in [5, 5.41) is 3.08. The number of nitrogens with zero attached hydrogens (tertiary/aromatic N) is 1. The summed E-state index contributed by atoms with van der Waals surface area (Å²) < 4.78 is 0. The van der Waals surface area contributed by atoms with Crippen LogP contribution in [-0.2, 0) is 17.8 Å². The number of benzene rings is 1. The number of nitrogens with two attached hydrogens (primary N) is 1. The molecule has 1 amide bonds. The molecule has 1 saturated heterocycles. The van der Waals surface area contributed by atoms with E-state index in [1.54, 1.807) is 0 Å². The summed E-state index contributed by atoms with van der Waals surface area (Å²) >= 11 is 0. The topological polar surface area (TPSA) is 58.4 Å². The van der Waals surface area contributed by atoms with E-state index in [2.05, 4.69) is 24.1 Å². The number of hydrogen-bond acceptors (Lipinski definition) is 3. The molecular weight excluding hydrogens is 262 g/mol. The van der Waals surface area contributed by atoms with Gasteiger partial charge in [-0.25, -0.2) is 0 Å². The zero-order valence-electron chi connectivity index (χ0n) is 13.1. The van der Waals surface area contributed by atoms with E-state index in [0.29, 0.717) is 24.9 Å². The molecule has 1 aromatic rings. The Morgan fingerprint density at radius 1 is 1.38 bits per heavy atom. The van der Waals surface area contributed by atoms with E-state index in [4.69, 9.17) is 5.73 Å². The molecule has 4 heteroatoms. The number of nitrogens with one attached hydrogen (secondary N) is 1. The van der Waals surface area contributed by atoms with Crippen molar-refractivity contribution in [2.75, 3.05) is 19.6 Å². The molecule has 0 aliphatic carbocycles. The standard InChI is InChI=1S/C17H27N3O/c1-13(2)20-8-7-14(12-20)11-19-17(21)9-15-5-3-4-6-16(15)10-18/h3-6,13-14H,7-12,18H2,1-2H3,(H,19,21). The molecule has 1 unspecified atom stereocenters. The molecule has 116 valence electrons. The van der Waals surface area contributed by atoms with E-state index in [0.717, 1.165) is 30.8 Å². The molecule has 0 radical (unpaired) electrons. The molecule has 1 fully saturated rings. The van der Waals surface area contributed by atoms with Crippen LogP contribution in [0.25, 0.3) is 0 Å². The first-order valence-electron chi connectivity index (χ1n) is 7.87. The first-order valence-corrected chi connectivity index (χ1v) is 7.87. The lowest BCUT2D eigenvalue weighted by atomic mass is 10.0.